The highest BCUT2D eigenvalue weighted by Gasteiger charge is 2.37. The summed E-state index contributed by atoms with van der Waals surface area (Å²) < 4.78 is 0. The third-order valence-electron chi connectivity index (χ3n) is 4.45. The number of rotatable bonds is 2. The molecule has 104 valence electrons. The molecule has 3 nitrogen and oxygen atoms in total. The second-order valence-corrected chi connectivity index (χ2v) is 6.22. The van der Waals surface area contributed by atoms with Gasteiger partial charge in [-0.25, -0.2) is 0 Å². The molecule has 1 heterocycles. The van der Waals surface area contributed by atoms with Crippen molar-refractivity contribution >= 4 is 11.7 Å². The highest BCUT2D eigenvalue weighted by atomic mass is 16.4. The van der Waals surface area contributed by atoms with Gasteiger partial charge in [-0.05, 0) is 57.7 Å². The molecule has 1 aromatic rings. The molecular weight excluding hydrogens is 238 g/mol. The summed E-state index contributed by atoms with van der Waals surface area (Å²) in [5.74, 6) is -0.932. The SMILES string of the molecule is Cc1cccc(N2CC(C(=O)O)CCC2(C)C)c1C. The number of aliphatic carboxylic acids is 1. The van der Waals surface area contributed by atoms with Crippen LogP contribution in [0.2, 0.25) is 0 Å². The lowest BCUT2D eigenvalue weighted by Gasteiger charge is -2.47. The summed E-state index contributed by atoms with van der Waals surface area (Å²) in [6.07, 6.45) is 1.68. The quantitative estimate of drug-likeness (QED) is 0.887. The molecule has 0 aromatic heterocycles. The fourth-order valence-corrected chi connectivity index (χ4v) is 2.88. The molecule has 2 rings (SSSR count). The predicted octanol–water partition coefficient (Wildman–Crippen LogP) is 3.38. The van der Waals surface area contributed by atoms with Gasteiger partial charge in [-0.3, -0.25) is 4.79 Å². The summed E-state index contributed by atoms with van der Waals surface area (Å²) in [6.45, 7) is 9.22. The lowest BCUT2D eigenvalue weighted by Crippen LogP contribution is -2.52. The van der Waals surface area contributed by atoms with E-state index >= 15 is 0 Å². The van der Waals surface area contributed by atoms with Crippen molar-refractivity contribution in [1.82, 2.24) is 0 Å². The minimum Gasteiger partial charge on any atom is -0.481 e. The van der Waals surface area contributed by atoms with Crippen LogP contribution < -0.4 is 4.90 Å². The third-order valence-corrected chi connectivity index (χ3v) is 4.45. The van der Waals surface area contributed by atoms with E-state index in [0.717, 1.165) is 12.8 Å². The van der Waals surface area contributed by atoms with Gasteiger partial charge in [0.25, 0.3) is 0 Å². The molecule has 1 saturated heterocycles. The number of anilines is 1. The Labute approximate surface area is 115 Å². The Morgan fingerprint density at radius 1 is 1.37 bits per heavy atom. The summed E-state index contributed by atoms with van der Waals surface area (Å²) in [7, 11) is 0. The summed E-state index contributed by atoms with van der Waals surface area (Å²) >= 11 is 0. The molecule has 1 fully saturated rings. The molecule has 1 aliphatic heterocycles. The van der Waals surface area contributed by atoms with Crippen LogP contribution in [-0.4, -0.2) is 23.2 Å². The van der Waals surface area contributed by atoms with Crippen molar-refractivity contribution in [2.45, 2.75) is 46.1 Å². The third kappa shape index (κ3) is 2.60. The molecule has 0 amide bonds. The first-order valence-electron chi connectivity index (χ1n) is 6.89. The maximum Gasteiger partial charge on any atom is 0.308 e. The van der Waals surface area contributed by atoms with Crippen molar-refractivity contribution in [2.75, 3.05) is 11.4 Å². The number of hydrogen-bond donors (Lipinski definition) is 1. The molecule has 1 aromatic carbocycles. The number of benzene rings is 1. The zero-order valence-corrected chi connectivity index (χ0v) is 12.2. The van der Waals surface area contributed by atoms with E-state index in [1.54, 1.807) is 0 Å². The first-order chi connectivity index (χ1) is 8.83. The molecule has 0 saturated carbocycles. The zero-order valence-electron chi connectivity index (χ0n) is 12.2. The van der Waals surface area contributed by atoms with Crippen LogP contribution in [0.4, 0.5) is 5.69 Å². The Hall–Kier alpha value is -1.51. The topological polar surface area (TPSA) is 40.5 Å². The van der Waals surface area contributed by atoms with E-state index in [4.69, 9.17) is 0 Å². The van der Waals surface area contributed by atoms with Crippen molar-refractivity contribution in [3.05, 3.63) is 29.3 Å². The van der Waals surface area contributed by atoms with E-state index in [2.05, 4.69) is 50.8 Å². The number of carboxylic acid groups (broad SMARTS) is 1. The highest BCUT2D eigenvalue weighted by molar-refractivity contribution is 5.72. The molecule has 19 heavy (non-hydrogen) atoms. The molecule has 1 aliphatic rings. The van der Waals surface area contributed by atoms with Gasteiger partial charge in [0.05, 0.1) is 5.92 Å². The Bertz CT molecular complexity index is 494. The summed E-state index contributed by atoms with van der Waals surface area (Å²) in [6, 6.07) is 6.26. The molecule has 1 unspecified atom stereocenters. The molecule has 0 aliphatic carbocycles. The summed E-state index contributed by atoms with van der Waals surface area (Å²) in [4.78, 5) is 13.5. The van der Waals surface area contributed by atoms with Gasteiger partial charge >= 0.3 is 5.97 Å². The second-order valence-electron chi connectivity index (χ2n) is 6.22. The van der Waals surface area contributed by atoms with E-state index < -0.39 is 5.97 Å². The first-order valence-corrected chi connectivity index (χ1v) is 6.89. The van der Waals surface area contributed by atoms with Gasteiger partial charge in [0, 0.05) is 17.8 Å². The minimum atomic E-state index is -0.675. The molecule has 1 N–H and O–H groups in total. The number of nitrogens with zero attached hydrogens (tertiary/aromatic N) is 1. The van der Waals surface area contributed by atoms with Crippen LogP contribution in [0.1, 0.15) is 37.8 Å². The molecule has 1 atom stereocenters. The number of aryl methyl sites for hydroxylation is 1. The average Bonchev–Trinajstić information content (AvgIpc) is 2.32. The zero-order chi connectivity index (χ0) is 14.2. The maximum absolute atomic E-state index is 11.3. The Kier molecular flexibility index (Phi) is 3.57. The Morgan fingerprint density at radius 3 is 2.68 bits per heavy atom. The van der Waals surface area contributed by atoms with Gasteiger partial charge in [-0.1, -0.05) is 12.1 Å². The van der Waals surface area contributed by atoms with E-state index in [0.29, 0.717) is 6.54 Å². The Balaban J connectivity index is 2.38. The standard InChI is InChI=1S/C16H23NO2/c1-11-6-5-7-14(12(11)2)17-10-13(15(18)19)8-9-16(17,3)4/h5-7,13H,8-10H2,1-4H3,(H,18,19). The van der Waals surface area contributed by atoms with Crippen LogP contribution in [-0.2, 0) is 4.79 Å². The number of hydrogen-bond acceptors (Lipinski definition) is 2. The van der Waals surface area contributed by atoms with Gasteiger partial charge in [0.1, 0.15) is 0 Å². The fraction of sp³-hybridized carbons (Fsp3) is 0.562. The number of piperidine rings is 1. The van der Waals surface area contributed by atoms with Gasteiger partial charge in [0.15, 0.2) is 0 Å². The van der Waals surface area contributed by atoms with Crippen LogP contribution in [0.3, 0.4) is 0 Å². The number of carboxylic acids is 1. The molecule has 3 heteroatoms. The van der Waals surface area contributed by atoms with E-state index in [1.807, 2.05) is 0 Å². The fourth-order valence-electron chi connectivity index (χ4n) is 2.88. The van der Waals surface area contributed by atoms with Gasteiger partial charge in [-0.2, -0.15) is 0 Å². The van der Waals surface area contributed by atoms with E-state index in [-0.39, 0.29) is 11.5 Å². The van der Waals surface area contributed by atoms with Crippen molar-refractivity contribution in [1.29, 1.82) is 0 Å². The lowest BCUT2D eigenvalue weighted by atomic mass is 9.83. The lowest BCUT2D eigenvalue weighted by molar-refractivity contribution is -0.142. The Morgan fingerprint density at radius 2 is 2.05 bits per heavy atom. The van der Waals surface area contributed by atoms with Crippen molar-refractivity contribution in [3.63, 3.8) is 0 Å². The van der Waals surface area contributed by atoms with E-state index in [9.17, 15) is 9.90 Å². The summed E-state index contributed by atoms with van der Waals surface area (Å²) in [5.41, 5.74) is 3.70. The van der Waals surface area contributed by atoms with Crippen LogP contribution in [0.5, 0.6) is 0 Å². The van der Waals surface area contributed by atoms with Crippen LogP contribution in [0.25, 0.3) is 0 Å². The van der Waals surface area contributed by atoms with Crippen LogP contribution >= 0.6 is 0 Å². The van der Waals surface area contributed by atoms with Crippen molar-refractivity contribution < 1.29 is 9.90 Å². The second kappa shape index (κ2) is 4.87. The number of carbonyl (C=O) groups is 1. The van der Waals surface area contributed by atoms with Crippen LogP contribution in [0.15, 0.2) is 18.2 Å². The largest absolute Gasteiger partial charge is 0.481 e. The maximum atomic E-state index is 11.3. The monoisotopic (exact) mass is 261 g/mol. The molecular formula is C16H23NO2. The van der Waals surface area contributed by atoms with Crippen LogP contribution in [0, 0.1) is 19.8 Å². The van der Waals surface area contributed by atoms with E-state index in [1.165, 1.54) is 16.8 Å². The molecule has 0 bridgehead atoms. The van der Waals surface area contributed by atoms with Gasteiger partial charge < -0.3 is 10.0 Å². The predicted molar refractivity (Wildman–Crippen MR) is 77.7 cm³/mol. The molecule has 0 radical (unpaired) electrons. The highest BCUT2D eigenvalue weighted by Crippen LogP contribution is 2.37. The summed E-state index contributed by atoms with van der Waals surface area (Å²) in [5, 5.41) is 9.27. The minimum absolute atomic E-state index is 0.0184. The van der Waals surface area contributed by atoms with Crippen molar-refractivity contribution in [2.24, 2.45) is 5.92 Å². The van der Waals surface area contributed by atoms with Gasteiger partial charge in [-0.15, -0.1) is 0 Å². The average molecular weight is 261 g/mol. The smallest absolute Gasteiger partial charge is 0.308 e. The first kappa shape index (κ1) is 13.9. The normalized spacial score (nSPS) is 22.3. The molecule has 0 spiro atoms. The van der Waals surface area contributed by atoms with Gasteiger partial charge in [0.2, 0.25) is 0 Å². The van der Waals surface area contributed by atoms with Crippen molar-refractivity contribution in [3.8, 4) is 0 Å².